The van der Waals surface area contributed by atoms with Gasteiger partial charge in [-0.3, -0.25) is 4.79 Å². The molecule has 0 heterocycles. The number of anilines is 1. The predicted octanol–water partition coefficient (Wildman–Crippen LogP) is 3.41. The lowest BCUT2D eigenvalue weighted by molar-refractivity contribution is 0.102. The van der Waals surface area contributed by atoms with Gasteiger partial charge in [0.05, 0.1) is 10.6 Å². The van der Waals surface area contributed by atoms with Gasteiger partial charge in [0.25, 0.3) is 5.91 Å². The highest BCUT2D eigenvalue weighted by atomic mass is 127. The Balaban J connectivity index is 2.47. The quantitative estimate of drug-likeness (QED) is 0.715. The molecule has 0 fully saturated rings. The molecule has 1 N–H and O–H groups in total. The maximum absolute atomic E-state index is 12.6. The third-order valence-corrected chi connectivity index (χ3v) is 6.64. The van der Waals surface area contributed by atoms with Gasteiger partial charge in [0.1, 0.15) is 0 Å². The number of para-hydroxylation sites is 1. The molecule has 24 heavy (non-hydrogen) atoms. The van der Waals surface area contributed by atoms with E-state index in [0.29, 0.717) is 16.8 Å². The van der Waals surface area contributed by atoms with Crippen molar-refractivity contribution >= 4 is 44.2 Å². The molecule has 2 rings (SSSR count). The van der Waals surface area contributed by atoms with Crippen LogP contribution in [0.2, 0.25) is 0 Å². The zero-order valence-electron chi connectivity index (χ0n) is 13.9. The molecule has 0 aliphatic heterocycles. The number of carbonyl (C=O) groups excluding carboxylic acids is 1. The number of aryl methyl sites for hydroxylation is 1. The van der Waals surface area contributed by atoms with E-state index in [0.717, 1.165) is 13.4 Å². The van der Waals surface area contributed by atoms with Crippen LogP contribution < -0.4 is 5.32 Å². The molecule has 0 aromatic heterocycles. The molecule has 0 aliphatic carbocycles. The van der Waals surface area contributed by atoms with Crippen LogP contribution in [0.25, 0.3) is 0 Å². The number of nitrogens with zero attached hydrogens (tertiary/aromatic N) is 1. The van der Waals surface area contributed by atoms with Crippen LogP contribution in [0, 0.1) is 17.4 Å². The molecule has 0 atom stereocenters. The first kappa shape index (κ1) is 18.9. The van der Waals surface area contributed by atoms with Gasteiger partial charge in [-0.05, 0) is 71.8 Å². The van der Waals surface area contributed by atoms with Crippen molar-refractivity contribution in [2.75, 3.05) is 19.4 Å². The fourth-order valence-corrected chi connectivity index (χ4v) is 3.92. The van der Waals surface area contributed by atoms with Gasteiger partial charge in [0, 0.05) is 23.2 Å². The number of hydrogen-bond acceptors (Lipinski definition) is 3. The topological polar surface area (TPSA) is 66.5 Å². The highest BCUT2D eigenvalue weighted by molar-refractivity contribution is 14.1. The highest BCUT2D eigenvalue weighted by Crippen LogP contribution is 2.24. The van der Waals surface area contributed by atoms with Crippen LogP contribution in [0.1, 0.15) is 21.5 Å². The molecule has 2 aromatic rings. The number of sulfonamides is 1. The normalized spacial score (nSPS) is 11.6. The molecule has 128 valence electrons. The minimum atomic E-state index is -3.62. The summed E-state index contributed by atoms with van der Waals surface area (Å²) >= 11 is 2.14. The summed E-state index contributed by atoms with van der Waals surface area (Å²) in [5.74, 6) is -0.336. The Morgan fingerprint density at radius 3 is 2.33 bits per heavy atom. The van der Waals surface area contributed by atoms with E-state index in [1.807, 2.05) is 18.2 Å². The molecule has 0 saturated carbocycles. The number of hydrogen-bond donors (Lipinski definition) is 1. The van der Waals surface area contributed by atoms with Crippen LogP contribution in [-0.4, -0.2) is 32.7 Å². The minimum Gasteiger partial charge on any atom is -0.321 e. The second-order valence-electron chi connectivity index (χ2n) is 5.64. The Morgan fingerprint density at radius 1 is 1.12 bits per heavy atom. The van der Waals surface area contributed by atoms with E-state index in [4.69, 9.17) is 0 Å². The SMILES string of the molecule is Cc1cc(C(=O)Nc2ccccc2I)cc(S(=O)(=O)N(C)C)c1C. The Labute approximate surface area is 156 Å². The van der Waals surface area contributed by atoms with Crippen molar-refractivity contribution < 1.29 is 13.2 Å². The van der Waals surface area contributed by atoms with E-state index in [1.54, 1.807) is 26.0 Å². The molecule has 7 heteroatoms. The average Bonchev–Trinajstić information content (AvgIpc) is 2.51. The Kier molecular flexibility index (Phi) is 5.67. The summed E-state index contributed by atoms with van der Waals surface area (Å²) in [6.07, 6.45) is 0. The number of rotatable bonds is 4. The Morgan fingerprint density at radius 2 is 1.75 bits per heavy atom. The average molecular weight is 458 g/mol. The first-order chi connectivity index (χ1) is 11.1. The van der Waals surface area contributed by atoms with Crippen LogP contribution in [0.3, 0.4) is 0 Å². The van der Waals surface area contributed by atoms with Crippen molar-refractivity contribution in [2.24, 2.45) is 0 Å². The summed E-state index contributed by atoms with van der Waals surface area (Å²) in [7, 11) is -0.665. The lowest BCUT2D eigenvalue weighted by Gasteiger charge is -2.16. The molecule has 0 bridgehead atoms. The molecule has 1 amide bonds. The van der Waals surface area contributed by atoms with Crippen molar-refractivity contribution in [3.05, 3.63) is 56.7 Å². The zero-order valence-corrected chi connectivity index (χ0v) is 16.9. The second-order valence-corrected chi connectivity index (χ2v) is 8.92. The smallest absolute Gasteiger partial charge is 0.255 e. The van der Waals surface area contributed by atoms with Gasteiger partial charge in [0.15, 0.2) is 0 Å². The van der Waals surface area contributed by atoms with Crippen LogP contribution in [0.15, 0.2) is 41.3 Å². The molecule has 0 radical (unpaired) electrons. The summed E-state index contributed by atoms with van der Waals surface area (Å²) in [6, 6.07) is 10.5. The summed E-state index contributed by atoms with van der Waals surface area (Å²) < 4.78 is 27.0. The Bertz CT molecular complexity index is 893. The molecular weight excluding hydrogens is 439 g/mol. The number of carbonyl (C=O) groups is 1. The van der Waals surface area contributed by atoms with Crippen LogP contribution in [0.5, 0.6) is 0 Å². The standard InChI is InChI=1S/C17H19IN2O3S/c1-11-9-13(10-16(12(11)2)24(22,23)20(3)4)17(21)19-15-8-6-5-7-14(15)18/h5-10H,1-4H3,(H,19,21). The van der Waals surface area contributed by atoms with Crippen molar-refractivity contribution in [3.63, 3.8) is 0 Å². The molecule has 0 spiro atoms. The second kappa shape index (κ2) is 7.20. The van der Waals surface area contributed by atoms with Crippen LogP contribution >= 0.6 is 22.6 Å². The third-order valence-electron chi connectivity index (χ3n) is 3.76. The third kappa shape index (κ3) is 3.79. The van der Waals surface area contributed by atoms with E-state index >= 15 is 0 Å². The minimum absolute atomic E-state index is 0.153. The van der Waals surface area contributed by atoms with Gasteiger partial charge >= 0.3 is 0 Å². The van der Waals surface area contributed by atoms with Crippen molar-refractivity contribution in [3.8, 4) is 0 Å². The molecule has 0 aliphatic rings. The van der Waals surface area contributed by atoms with Gasteiger partial charge < -0.3 is 5.32 Å². The van der Waals surface area contributed by atoms with E-state index < -0.39 is 10.0 Å². The first-order valence-corrected chi connectivity index (χ1v) is 9.76. The fraction of sp³-hybridized carbons (Fsp3) is 0.235. The monoisotopic (exact) mass is 458 g/mol. The van der Waals surface area contributed by atoms with E-state index in [2.05, 4.69) is 27.9 Å². The lowest BCUT2D eigenvalue weighted by atomic mass is 10.1. The molecular formula is C17H19IN2O3S. The molecule has 0 unspecified atom stereocenters. The molecule has 2 aromatic carbocycles. The van der Waals surface area contributed by atoms with Gasteiger partial charge in [-0.15, -0.1) is 0 Å². The van der Waals surface area contributed by atoms with Crippen molar-refractivity contribution in [2.45, 2.75) is 18.7 Å². The number of nitrogens with one attached hydrogen (secondary N) is 1. The van der Waals surface area contributed by atoms with E-state index in [9.17, 15) is 13.2 Å². The first-order valence-electron chi connectivity index (χ1n) is 7.24. The van der Waals surface area contributed by atoms with Crippen LogP contribution in [0.4, 0.5) is 5.69 Å². The maximum atomic E-state index is 12.6. The molecule has 5 nitrogen and oxygen atoms in total. The van der Waals surface area contributed by atoms with Crippen molar-refractivity contribution in [1.82, 2.24) is 4.31 Å². The number of halogens is 1. The fourth-order valence-electron chi connectivity index (χ4n) is 2.18. The lowest BCUT2D eigenvalue weighted by Crippen LogP contribution is -2.24. The largest absolute Gasteiger partial charge is 0.321 e. The van der Waals surface area contributed by atoms with Crippen LogP contribution in [-0.2, 0) is 10.0 Å². The maximum Gasteiger partial charge on any atom is 0.255 e. The highest BCUT2D eigenvalue weighted by Gasteiger charge is 2.23. The van der Waals surface area contributed by atoms with Crippen molar-refractivity contribution in [1.29, 1.82) is 0 Å². The zero-order chi connectivity index (χ0) is 18.1. The predicted molar refractivity (Wildman–Crippen MR) is 104 cm³/mol. The van der Waals surface area contributed by atoms with E-state index in [1.165, 1.54) is 20.2 Å². The Hall–Kier alpha value is -1.45. The summed E-state index contributed by atoms with van der Waals surface area (Å²) in [5, 5.41) is 2.83. The van der Waals surface area contributed by atoms with Gasteiger partial charge in [-0.25, -0.2) is 12.7 Å². The summed E-state index contributed by atoms with van der Waals surface area (Å²) in [5.41, 5.74) is 2.41. The number of benzene rings is 2. The number of amides is 1. The summed E-state index contributed by atoms with van der Waals surface area (Å²) in [4.78, 5) is 12.7. The molecule has 0 saturated heterocycles. The van der Waals surface area contributed by atoms with Gasteiger partial charge in [-0.1, -0.05) is 12.1 Å². The van der Waals surface area contributed by atoms with E-state index in [-0.39, 0.29) is 10.8 Å². The van der Waals surface area contributed by atoms with Gasteiger partial charge in [-0.2, -0.15) is 0 Å². The van der Waals surface area contributed by atoms with Gasteiger partial charge in [0.2, 0.25) is 10.0 Å². The summed E-state index contributed by atoms with van der Waals surface area (Å²) in [6.45, 7) is 3.54.